The lowest BCUT2D eigenvalue weighted by Gasteiger charge is -2.44. The lowest BCUT2D eigenvalue weighted by atomic mass is 9.78. The zero-order valence-electron chi connectivity index (χ0n) is 15.2. The predicted octanol–water partition coefficient (Wildman–Crippen LogP) is 4.28. The van der Waals surface area contributed by atoms with E-state index in [9.17, 15) is 4.79 Å². The Morgan fingerprint density at radius 1 is 1.04 bits per heavy atom. The van der Waals surface area contributed by atoms with E-state index < -0.39 is 0 Å². The third-order valence-corrected chi connectivity index (χ3v) is 5.87. The van der Waals surface area contributed by atoms with E-state index in [1.165, 1.54) is 32.1 Å². The number of carbonyl (C=O) groups excluding carboxylic acids is 1. The quantitative estimate of drug-likeness (QED) is 0.820. The van der Waals surface area contributed by atoms with E-state index >= 15 is 0 Å². The van der Waals surface area contributed by atoms with Gasteiger partial charge in [-0.1, -0.05) is 12.8 Å². The summed E-state index contributed by atoms with van der Waals surface area (Å²) < 4.78 is 1.93. The topological polar surface area (TPSA) is 38.1 Å². The standard InChI is InChI=1S/C21H27N3O/c1-15-14-16(2)24(22-15)19-11-9-18(10-12-19)21(25)23-13-5-7-17-6-3-4-8-20(17)23/h9-12,14,17,20H,3-8,13H2,1-2H3/t17-,20-/m1/s1. The number of piperidine rings is 1. The molecular formula is C21H27N3O. The molecule has 0 N–H and O–H groups in total. The van der Waals surface area contributed by atoms with Crippen LogP contribution in [0, 0.1) is 19.8 Å². The van der Waals surface area contributed by atoms with Crippen LogP contribution >= 0.6 is 0 Å². The number of amides is 1. The first-order valence-corrected chi connectivity index (χ1v) is 9.58. The molecule has 1 aromatic carbocycles. The van der Waals surface area contributed by atoms with Crippen LogP contribution in [-0.2, 0) is 0 Å². The molecule has 1 amide bonds. The van der Waals surface area contributed by atoms with Gasteiger partial charge in [0.25, 0.3) is 5.91 Å². The van der Waals surface area contributed by atoms with E-state index in [4.69, 9.17) is 0 Å². The summed E-state index contributed by atoms with van der Waals surface area (Å²) in [5.41, 5.74) is 3.93. The summed E-state index contributed by atoms with van der Waals surface area (Å²) in [4.78, 5) is 15.2. The highest BCUT2D eigenvalue weighted by Gasteiger charge is 2.35. The van der Waals surface area contributed by atoms with Crippen LogP contribution in [0.5, 0.6) is 0 Å². The maximum Gasteiger partial charge on any atom is 0.254 e. The van der Waals surface area contributed by atoms with Crippen LogP contribution in [-0.4, -0.2) is 33.2 Å². The molecule has 2 atom stereocenters. The second-order valence-electron chi connectivity index (χ2n) is 7.64. The average Bonchev–Trinajstić information content (AvgIpc) is 2.99. The van der Waals surface area contributed by atoms with Crippen LogP contribution in [0.3, 0.4) is 0 Å². The zero-order valence-corrected chi connectivity index (χ0v) is 15.2. The molecule has 1 saturated heterocycles. The van der Waals surface area contributed by atoms with Crippen LogP contribution < -0.4 is 0 Å². The molecule has 4 nitrogen and oxygen atoms in total. The molecule has 1 aromatic heterocycles. The van der Waals surface area contributed by atoms with Crippen molar-refractivity contribution in [3.8, 4) is 5.69 Å². The Hall–Kier alpha value is -2.10. The van der Waals surface area contributed by atoms with Crippen molar-refractivity contribution in [3.05, 3.63) is 47.3 Å². The lowest BCUT2D eigenvalue weighted by molar-refractivity contribution is 0.0390. The fourth-order valence-corrected chi connectivity index (χ4v) is 4.68. The summed E-state index contributed by atoms with van der Waals surface area (Å²) in [7, 11) is 0. The molecule has 1 aliphatic carbocycles. The molecule has 2 aromatic rings. The van der Waals surface area contributed by atoms with E-state index in [1.807, 2.05) is 35.9 Å². The molecule has 0 bridgehead atoms. The molecule has 1 saturated carbocycles. The molecule has 132 valence electrons. The van der Waals surface area contributed by atoms with E-state index in [-0.39, 0.29) is 5.91 Å². The number of hydrogen-bond donors (Lipinski definition) is 0. The van der Waals surface area contributed by atoms with Gasteiger partial charge in [0.2, 0.25) is 0 Å². The van der Waals surface area contributed by atoms with Crippen molar-refractivity contribution in [2.24, 2.45) is 5.92 Å². The molecule has 2 aliphatic rings. The van der Waals surface area contributed by atoms with E-state index in [2.05, 4.69) is 23.0 Å². The van der Waals surface area contributed by atoms with Crippen molar-refractivity contribution in [2.75, 3.05) is 6.54 Å². The Labute approximate surface area is 149 Å². The van der Waals surface area contributed by atoms with Crippen molar-refractivity contribution >= 4 is 5.91 Å². The minimum atomic E-state index is 0.205. The van der Waals surface area contributed by atoms with Crippen LogP contribution in [0.25, 0.3) is 5.69 Å². The monoisotopic (exact) mass is 337 g/mol. The second kappa shape index (κ2) is 6.66. The summed E-state index contributed by atoms with van der Waals surface area (Å²) in [6.45, 7) is 4.97. The highest BCUT2D eigenvalue weighted by atomic mass is 16.2. The number of benzene rings is 1. The summed E-state index contributed by atoms with van der Waals surface area (Å²) >= 11 is 0. The summed E-state index contributed by atoms with van der Waals surface area (Å²) in [6, 6.07) is 10.5. The summed E-state index contributed by atoms with van der Waals surface area (Å²) in [6.07, 6.45) is 7.52. The number of aryl methyl sites for hydroxylation is 2. The lowest BCUT2D eigenvalue weighted by Crippen LogP contribution is -2.49. The molecule has 0 unspecified atom stereocenters. The molecule has 25 heavy (non-hydrogen) atoms. The fourth-order valence-electron chi connectivity index (χ4n) is 4.68. The zero-order chi connectivity index (χ0) is 17.4. The Bertz CT molecular complexity index is 760. The number of carbonyl (C=O) groups is 1. The van der Waals surface area contributed by atoms with E-state index in [1.54, 1.807) is 0 Å². The van der Waals surface area contributed by atoms with Gasteiger partial charge < -0.3 is 4.90 Å². The van der Waals surface area contributed by atoms with E-state index in [0.717, 1.165) is 41.5 Å². The fraction of sp³-hybridized carbons (Fsp3) is 0.524. The minimum Gasteiger partial charge on any atom is -0.335 e. The number of fused-ring (bicyclic) bond motifs is 1. The van der Waals surface area contributed by atoms with Crippen molar-refractivity contribution in [1.82, 2.24) is 14.7 Å². The van der Waals surface area contributed by atoms with Gasteiger partial charge in [0.1, 0.15) is 0 Å². The maximum absolute atomic E-state index is 13.1. The van der Waals surface area contributed by atoms with Crippen molar-refractivity contribution in [1.29, 1.82) is 0 Å². The number of nitrogens with zero attached hydrogens (tertiary/aromatic N) is 3. The molecule has 4 heteroatoms. The van der Waals surface area contributed by atoms with Crippen LogP contribution in [0.4, 0.5) is 0 Å². The maximum atomic E-state index is 13.1. The van der Waals surface area contributed by atoms with Crippen LogP contribution in [0.1, 0.15) is 60.3 Å². The van der Waals surface area contributed by atoms with Gasteiger partial charge in [-0.3, -0.25) is 4.79 Å². The summed E-state index contributed by atoms with van der Waals surface area (Å²) in [5.74, 6) is 0.928. The van der Waals surface area contributed by atoms with Crippen LogP contribution in [0.15, 0.2) is 30.3 Å². The van der Waals surface area contributed by atoms with Gasteiger partial charge in [-0.05, 0) is 75.8 Å². The second-order valence-corrected chi connectivity index (χ2v) is 7.64. The molecular weight excluding hydrogens is 310 g/mol. The minimum absolute atomic E-state index is 0.205. The Morgan fingerprint density at radius 2 is 1.76 bits per heavy atom. The predicted molar refractivity (Wildman–Crippen MR) is 99.1 cm³/mol. The Kier molecular flexibility index (Phi) is 4.36. The van der Waals surface area contributed by atoms with Crippen molar-refractivity contribution in [3.63, 3.8) is 0 Å². The number of rotatable bonds is 2. The van der Waals surface area contributed by atoms with Gasteiger partial charge in [-0.25, -0.2) is 4.68 Å². The number of aromatic nitrogens is 2. The van der Waals surface area contributed by atoms with Gasteiger partial charge in [0, 0.05) is 23.8 Å². The van der Waals surface area contributed by atoms with E-state index in [0.29, 0.717) is 6.04 Å². The first-order valence-electron chi connectivity index (χ1n) is 9.58. The first kappa shape index (κ1) is 16.4. The van der Waals surface area contributed by atoms with Gasteiger partial charge in [-0.15, -0.1) is 0 Å². The molecule has 2 heterocycles. The third-order valence-electron chi connectivity index (χ3n) is 5.87. The van der Waals surface area contributed by atoms with Gasteiger partial charge in [-0.2, -0.15) is 5.10 Å². The highest BCUT2D eigenvalue weighted by Crippen LogP contribution is 2.36. The highest BCUT2D eigenvalue weighted by molar-refractivity contribution is 5.94. The molecule has 0 radical (unpaired) electrons. The van der Waals surface area contributed by atoms with Gasteiger partial charge >= 0.3 is 0 Å². The summed E-state index contributed by atoms with van der Waals surface area (Å²) in [5, 5.41) is 4.52. The van der Waals surface area contributed by atoms with Crippen molar-refractivity contribution < 1.29 is 4.79 Å². The average molecular weight is 337 g/mol. The molecule has 2 fully saturated rings. The molecule has 1 aliphatic heterocycles. The molecule has 4 rings (SSSR count). The Balaban J connectivity index is 1.55. The van der Waals surface area contributed by atoms with Crippen molar-refractivity contribution in [2.45, 2.75) is 58.4 Å². The van der Waals surface area contributed by atoms with Crippen LogP contribution in [0.2, 0.25) is 0 Å². The van der Waals surface area contributed by atoms with Gasteiger partial charge in [0.05, 0.1) is 11.4 Å². The van der Waals surface area contributed by atoms with Gasteiger partial charge in [0.15, 0.2) is 0 Å². The largest absolute Gasteiger partial charge is 0.335 e. The third kappa shape index (κ3) is 3.10. The Morgan fingerprint density at radius 3 is 2.48 bits per heavy atom. The molecule has 0 spiro atoms. The normalized spacial score (nSPS) is 23.4. The smallest absolute Gasteiger partial charge is 0.254 e. The number of hydrogen-bond acceptors (Lipinski definition) is 2. The SMILES string of the molecule is Cc1cc(C)n(-c2ccc(C(=O)N3CCC[C@H]4CCCC[C@H]43)cc2)n1. The first-order chi connectivity index (χ1) is 12.1. The number of likely N-dealkylation sites (tertiary alicyclic amines) is 1.